The molecule has 1 fully saturated rings. The highest BCUT2D eigenvalue weighted by Crippen LogP contribution is 2.17. The van der Waals surface area contributed by atoms with Gasteiger partial charge >= 0.3 is 0 Å². The van der Waals surface area contributed by atoms with Gasteiger partial charge < -0.3 is 9.47 Å². The first-order chi connectivity index (χ1) is 3.70. The first kappa shape index (κ1) is 6.01. The summed E-state index contributed by atoms with van der Waals surface area (Å²) >= 11 is 4.96. The molecule has 8 heavy (non-hydrogen) atoms. The number of ether oxygens (including phenoxy) is 2. The van der Waals surface area contributed by atoms with Gasteiger partial charge in [0.15, 0.2) is 6.29 Å². The number of rotatable bonds is 1. The van der Waals surface area contributed by atoms with Gasteiger partial charge in [0.1, 0.15) is 0 Å². The Bertz CT molecular complexity index is 108. The van der Waals surface area contributed by atoms with Crippen molar-refractivity contribution >= 4 is 16.8 Å². The number of hydrogen-bond donors (Lipinski definition) is 0. The van der Waals surface area contributed by atoms with E-state index in [1.54, 1.807) is 6.92 Å². The summed E-state index contributed by atoms with van der Waals surface area (Å²) < 4.78 is 9.39. The van der Waals surface area contributed by atoms with Gasteiger partial charge in [0.25, 0.3) is 5.24 Å². The van der Waals surface area contributed by atoms with Gasteiger partial charge in [0.2, 0.25) is 6.29 Å². The second-order valence-corrected chi connectivity index (χ2v) is 1.85. The van der Waals surface area contributed by atoms with E-state index in [-0.39, 0.29) is 6.29 Å². The van der Waals surface area contributed by atoms with Crippen molar-refractivity contribution in [1.82, 2.24) is 0 Å². The molecule has 0 atom stereocenters. The zero-order valence-corrected chi connectivity index (χ0v) is 5.01. The summed E-state index contributed by atoms with van der Waals surface area (Å²) in [5.41, 5.74) is 0. The zero-order chi connectivity index (χ0) is 6.15. The van der Waals surface area contributed by atoms with Crippen LogP contribution in [0.4, 0.5) is 0 Å². The van der Waals surface area contributed by atoms with Crippen LogP contribution in [0.1, 0.15) is 6.92 Å². The molecule has 0 N–H and O–H groups in total. The molecular formula is C4H5ClO3. The predicted molar refractivity (Wildman–Crippen MR) is 26.3 cm³/mol. The maximum absolute atomic E-state index is 10.1. The minimum absolute atomic E-state index is 0.275. The van der Waals surface area contributed by atoms with Gasteiger partial charge in [-0.15, -0.1) is 0 Å². The van der Waals surface area contributed by atoms with Gasteiger partial charge in [-0.3, -0.25) is 4.79 Å². The average Bonchev–Trinajstić information content (AvgIpc) is 1.57. The third-order valence-corrected chi connectivity index (χ3v) is 0.994. The molecule has 1 rings (SSSR count). The highest BCUT2D eigenvalue weighted by Gasteiger charge is 2.31. The molecule has 0 saturated carbocycles. The predicted octanol–water partition coefficient (Wildman–Crippen LogP) is 0.471. The van der Waals surface area contributed by atoms with E-state index in [1.807, 2.05) is 0 Å². The maximum atomic E-state index is 10.1. The van der Waals surface area contributed by atoms with Gasteiger partial charge in [0, 0.05) is 0 Å². The summed E-state index contributed by atoms with van der Waals surface area (Å²) in [5.74, 6) is 0. The molecule has 4 heteroatoms. The van der Waals surface area contributed by atoms with Crippen LogP contribution in [0.5, 0.6) is 0 Å². The molecule has 0 radical (unpaired) electrons. The van der Waals surface area contributed by atoms with Gasteiger partial charge in [-0.25, -0.2) is 0 Å². The second kappa shape index (κ2) is 2.01. The van der Waals surface area contributed by atoms with Crippen LogP contribution in [0, 0.1) is 0 Å². The number of carbonyl (C=O) groups is 1. The molecule has 0 amide bonds. The van der Waals surface area contributed by atoms with Gasteiger partial charge in [0.05, 0.1) is 0 Å². The molecule has 46 valence electrons. The number of halogens is 1. The quantitative estimate of drug-likeness (QED) is 0.492. The molecule has 0 aromatic carbocycles. The Morgan fingerprint density at radius 3 is 2.25 bits per heavy atom. The fraction of sp³-hybridized carbons (Fsp3) is 0.750. The van der Waals surface area contributed by atoms with E-state index in [9.17, 15) is 4.79 Å². The molecule has 1 saturated heterocycles. The van der Waals surface area contributed by atoms with Crippen LogP contribution < -0.4 is 0 Å². The Morgan fingerprint density at radius 1 is 1.62 bits per heavy atom. The Balaban J connectivity index is 2.25. The van der Waals surface area contributed by atoms with Crippen LogP contribution in [0.25, 0.3) is 0 Å². The number of hydrogen-bond acceptors (Lipinski definition) is 3. The molecule has 0 spiro atoms. The molecule has 0 aromatic rings. The van der Waals surface area contributed by atoms with Gasteiger partial charge in [-0.2, -0.15) is 0 Å². The van der Waals surface area contributed by atoms with Crippen LogP contribution >= 0.6 is 11.6 Å². The SMILES string of the molecule is CC1OC(C(=O)Cl)O1. The van der Waals surface area contributed by atoms with Crippen LogP contribution in [-0.4, -0.2) is 17.8 Å². The monoisotopic (exact) mass is 136 g/mol. The van der Waals surface area contributed by atoms with E-state index in [1.165, 1.54) is 0 Å². The van der Waals surface area contributed by atoms with Crippen LogP contribution in [0.15, 0.2) is 0 Å². The minimum Gasteiger partial charge on any atom is -0.315 e. The first-order valence-electron chi connectivity index (χ1n) is 2.20. The summed E-state index contributed by atoms with van der Waals surface area (Å²) in [5, 5.41) is -0.594. The van der Waals surface area contributed by atoms with Crippen molar-refractivity contribution in [3.8, 4) is 0 Å². The molecule has 1 heterocycles. The molecule has 1 aliphatic heterocycles. The smallest absolute Gasteiger partial charge is 0.278 e. The topological polar surface area (TPSA) is 35.5 Å². The van der Waals surface area contributed by atoms with E-state index in [0.717, 1.165) is 0 Å². The number of carbonyl (C=O) groups excluding carboxylic acids is 1. The van der Waals surface area contributed by atoms with Crippen molar-refractivity contribution in [2.75, 3.05) is 0 Å². The minimum atomic E-state index is -0.813. The summed E-state index contributed by atoms with van der Waals surface area (Å²) in [6, 6.07) is 0. The third-order valence-electron chi connectivity index (χ3n) is 0.816. The van der Waals surface area contributed by atoms with Crippen molar-refractivity contribution in [3.05, 3.63) is 0 Å². The maximum Gasteiger partial charge on any atom is 0.278 e. The lowest BCUT2D eigenvalue weighted by Crippen LogP contribution is -2.42. The molecular weight excluding hydrogens is 131 g/mol. The molecule has 3 nitrogen and oxygen atoms in total. The van der Waals surface area contributed by atoms with Crippen LogP contribution in [0.3, 0.4) is 0 Å². The van der Waals surface area contributed by atoms with Gasteiger partial charge in [-0.05, 0) is 18.5 Å². The van der Waals surface area contributed by atoms with Crippen molar-refractivity contribution in [2.45, 2.75) is 19.5 Å². The largest absolute Gasteiger partial charge is 0.315 e. The highest BCUT2D eigenvalue weighted by atomic mass is 35.5. The Kier molecular flexibility index (Phi) is 1.51. The van der Waals surface area contributed by atoms with Crippen molar-refractivity contribution < 1.29 is 14.3 Å². The third kappa shape index (κ3) is 0.992. The summed E-state index contributed by atoms with van der Waals surface area (Å²) in [6.07, 6.45) is -1.09. The lowest BCUT2D eigenvalue weighted by molar-refractivity contribution is -0.354. The van der Waals surface area contributed by atoms with Crippen molar-refractivity contribution in [3.63, 3.8) is 0 Å². The van der Waals surface area contributed by atoms with E-state index < -0.39 is 11.5 Å². The van der Waals surface area contributed by atoms with Crippen molar-refractivity contribution in [1.29, 1.82) is 0 Å². The Hall–Kier alpha value is -0.120. The molecule has 1 aliphatic rings. The van der Waals surface area contributed by atoms with E-state index in [4.69, 9.17) is 21.1 Å². The average molecular weight is 137 g/mol. The second-order valence-electron chi connectivity index (χ2n) is 1.48. The first-order valence-corrected chi connectivity index (χ1v) is 2.58. The fourth-order valence-corrected chi connectivity index (χ4v) is 0.568. The van der Waals surface area contributed by atoms with Crippen molar-refractivity contribution in [2.24, 2.45) is 0 Å². The summed E-state index contributed by atoms with van der Waals surface area (Å²) in [6.45, 7) is 1.69. The van der Waals surface area contributed by atoms with Gasteiger partial charge in [-0.1, -0.05) is 0 Å². The van der Waals surface area contributed by atoms with Crippen LogP contribution in [-0.2, 0) is 14.3 Å². The Labute approximate surface area is 51.5 Å². The highest BCUT2D eigenvalue weighted by molar-refractivity contribution is 6.64. The lowest BCUT2D eigenvalue weighted by atomic mass is 10.6. The fourth-order valence-electron chi connectivity index (χ4n) is 0.465. The molecule has 0 aromatic heterocycles. The summed E-state index contributed by atoms with van der Waals surface area (Å²) in [7, 11) is 0. The summed E-state index contributed by atoms with van der Waals surface area (Å²) in [4.78, 5) is 10.1. The standard InChI is InChI=1S/C4H5ClO3/c1-2-7-4(8-2)3(5)6/h2,4H,1H3. The van der Waals surface area contributed by atoms with Crippen LogP contribution in [0.2, 0.25) is 0 Å². The molecule has 0 aliphatic carbocycles. The molecule has 0 bridgehead atoms. The lowest BCUT2D eigenvalue weighted by Gasteiger charge is -2.30. The van der Waals surface area contributed by atoms with E-state index in [2.05, 4.69) is 0 Å². The molecule has 0 unspecified atom stereocenters. The van der Waals surface area contributed by atoms with E-state index >= 15 is 0 Å². The normalized spacial score (nSPS) is 36.2. The Morgan fingerprint density at radius 2 is 2.12 bits per heavy atom. The zero-order valence-electron chi connectivity index (χ0n) is 4.26. The van der Waals surface area contributed by atoms with E-state index in [0.29, 0.717) is 0 Å².